The van der Waals surface area contributed by atoms with E-state index < -0.39 is 0 Å². The average Bonchev–Trinajstić information content (AvgIpc) is 2.66. The number of carbonyl (C=O) groups excluding carboxylic acids is 2. The van der Waals surface area contributed by atoms with Crippen LogP contribution < -0.4 is 5.32 Å². The van der Waals surface area contributed by atoms with Gasteiger partial charge < -0.3 is 15.0 Å². The fraction of sp³-hybridized carbons (Fsp3) is 0.333. The van der Waals surface area contributed by atoms with Crippen molar-refractivity contribution in [1.29, 1.82) is 0 Å². The van der Waals surface area contributed by atoms with Crippen LogP contribution in [0.2, 0.25) is 0 Å². The molecular formula is C21H23FN2O3. The highest BCUT2D eigenvalue weighted by Gasteiger charge is 2.22. The molecule has 0 saturated carbocycles. The molecule has 27 heavy (non-hydrogen) atoms. The molecule has 1 N–H and O–H groups in total. The van der Waals surface area contributed by atoms with Crippen molar-refractivity contribution in [2.24, 2.45) is 0 Å². The second-order valence-electron chi connectivity index (χ2n) is 6.69. The molecule has 1 unspecified atom stereocenters. The van der Waals surface area contributed by atoms with Crippen LogP contribution in [0.3, 0.4) is 0 Å². The fourth-order valence-electron chi connectivity index (χ4n) is 3.09. The number of rotatable bonds is 5. The van der Waals surface area contributed by atoms with Gasteiger partial charge in [-0.25, -0.2) is 4.39 Å². The van der Waals surface area contributed by atoms with E-state index in [-0.39, 0.29) is 30.2 Å². The first-order valence-corrected chi connectivity index (χ1v) is 9.06. The Morgan fingerprint density at radius 2 is 2.04 bits per heavy atom. The Kier molecular flexibility index (Phi) is 6.19. The fourth-order valence-corrected chi connectivity index (χ4v) is 3.09. The standard InChI is InChI=1S/C21H23FN2O3/c1-15-14-24(10-11-27-15)21(26)17-5-3-7-19(13-17)23-20(25)9-8-16-4-2-6-18(22)12-16/h2-7,12-13,15H,8-11,14H2,1H3,(H,23,25). The largest absolute Gasteiger partial charge is 0.375 e. The number of aryl methyl sites for hydroxylation is 1. The van der Waals surface area contributed by atoms with Gasteiger partial charge in [0.15, 0.2) is 0 Å². The number of nitrogens with one attached hydrogen (secondary N) is 1. The van der Waals surface area contributed by atoms with Gasteiger partial charge in [-0.3, -0.25) is 9.59 Å². The lowest BCUT2D eigenvalue weighted by atomic mass is 10.1. The van der Waals surface area contributed by atoms with Gasteiger partial charge in [0.05, 0.1) is 12.7 Å². The second-order valence-corrected chi connectivity index (χ2v) is 6.69. The van der Waals surface area contributed by atoms with Crippen LogP contribution in [-0.2, 0) is 16.0 Å². The van der Waals surface area contributed by atoms with Crippen LogP contribution in [0.1, 0.15) is 29.3 Å². The molecule has 6 heteroatoms. The Bertz CT molecular complexity index is 825. The smallest absolute Gasteiger partial charge is 0.254 e. The summed E-state index contributed by atoms with van der Waals surface area (Å²) in [5.74, 6) is -0.554. The number of amides is 2. The van der Waals surface area contributed by atoms with Gasteiger partial charge >= 0.3 is 0 Å². The number of ether oxygens (including phenoxy) is 1. The zero-order valence-electron chi connectivity index (χ0n) is 15.3. The summed E-state index contributed by atoms with van der Waals surface area (Å²) >= 11 is 0. The molecule has 1 atom stereocenters. The molecule has 0 aliphatic carbocycles. The summed E-state index contributed by atoms with van der Waals surface area (Å²) in [4.78, 5) is 26.6. The van der Waals surface area contributed by atoms with E-state index in [0.29, 0.717) is 37.4 Å². The predicted molar refractivity (Wildman–Crippen MR) is 101 cm³/mol. The van der Waals surface area contributed by atoms with Gasteiger partial charge in [-0.05, 0) is 49.2 Å². The number of hydrogen-bond donors (Lipinski definition) is 1. The van der Waals surface area contributed by atoms with Gasteiger partial charge in [0, 0.05) is 30.8 Å². The van der Waals surface area contributed by atoms with E-state index in [9.17, 15) is 14.0 Å². The third-order valence-corrected chi connectivity index (χ3v) is 4.45. The van der Waals surface area contributed by atoms with Gasteiger partial charge in [-0.2, -0.15) is 0 Å². The van der Waals surface area contributed by atoms with E-state index in [1.165, 1.54) is 12.1 Å². The van der Waals surface area contributed by atoms with Crippen LogP contribution in [0.5, 0.6) is 0 Å². The van der Waals surface area contributed by atoms with Crippen LogP contribution in [0.25, 0.3) is 0 Å². The molecule has 1 fully saturated rings. The first-order chi connectivity index (χ1) is 13.0. The zero-order valence-corrected chi connectivity index (χ0v) is 15.3. The number of carbonyl (C=O) groups is 2. The third-order valence-electron chi connectivity index (χ3n) is 4.45. The molecule has 1 heterocycles. The molecular weight excluding hydrogens is 347 g/mol. The topological polar surface area (TPSA) is 58.6 Å². The van der Waals surface area contributed by atoms with E-state index in [0.717, 1.165) is 5.56 Å². The molecule has 2 amide bonds. The maximum Gasteiger partial charge on any atom is 0.254 e. The quantitative estimate of drug-likeness (QED) is 0.879. The van der Waals surface area contributed by atoms with E-state index >= 15 is 0 Å². The highest BCUT2D eigenvalue weighted by atomic mass is 19.1. The summed E-state index contributed by atoms with van der Waals surface area (Å²) < 4.78 is 18.7. The first kappa shape index (κ1) is 19.0. The normalized spacial score (nSPS) is 16.8. The van der Waals surface area contributed by atoms with Crippen molar-refractivity contribution in [3.63, 3.8) is 0 Å². The van der Waals surface area contributed by atoms with Crippen molar-refractivity contribution in [3.8, 4) is 0 Å². The minimum Gasteiger partial charge on any atom is -0.375 e. The highest BCUT2D eigenvalue weighted by Crippen LogP contribution is 2.16. The maximum atomic E-state index is 13.2. The van der Waals surface area contributed by atoms with Crippen LogP contribution in [0.4, 0.5) is 10.1 Å². The molecule has 1 aliphatic rings. The van der Waals surface area contributed by atoms with Gasteiger partial charge in [-0.15, -0.1) is 0 Å². The first-order valence-electron chi connectivity index (χ1n) is 9.06. The van der Waals surface area contributed by atoms with Gasteiger partial charge in [0.25, 0.3) is 5.91 Å². The van der Waals surface area contributed by atoms with Gasteiger partial charge in [0.1, 0.15) is 5.82 Å². The van der Waals surface area contributed by atoms with Gasteiger partial charge in [-0.1, -0.05) is 18.2 Å². The molecule has 0 spiro atoms. The van der Waals surface area contributed by atoms with Crippen LogP contribution in [0, 0.1) is 5.82 Å². The Balaban J connectivity index is 1.58. The molecule has 0 bridgehead atoms. The molecule has 0 aromatic heterocycles. The van der Waals surface area contributed by atoms with Crippen molar-refractivity contribution in [2.75, 3.05) is 25.0 Å². The van der Waals surface area contributed by atoms with E-state index in [4.69, 9.17) is 4.74 Å². The molecule has 1 saturated heterocycles. The Morgan fingerprint density at radius 1 is 1.22 bits per heavy atom. The summed E-state index contributed by atoms with van der Waals surface area (Å²) in [6.45, 7) is 3.59. The Morgan fingerprint density at radius 3 is 2.81 bits per heavy atom. The number of benzene rings is 2. The lowest BCUT2D eigenvalue weighted by Gasteiger charge is -2.31. The SMILES string of the molecule is CC1CN(C(=O)c2cccc(NC(=O)CCc3cccc(F)c3)c2)CCO1. The van der Waals surface area contributed by atoms with Crippen molar-refractivity contribution < 1.29 is 18.7 Å². The average molecular weight is 370 g/mol. The molecule has 2 aromatic carbocycles. The number of hydrogen-bond acceptors (Lipinski definition) is 3. The molecule has 5 nitrogen and oxygen atoms in total. The summed E-state index contributed by atoms with van der Waals surface area (Å²) in [5, 5.41) is 2.81. The monoisotopic (exact) mass is 370 g/mol. The van der Waals surface area contributed by atoms with Crippen LogP contribution in [-0.4, -0.2) is 42.5 Å². The predicted octanol–water partition coefficient (Wildman–Crippen LogP) is 3.26. The van der Waals surface area contributed by atoms with Crippen molar-refractivity contribution >= 4 is 17.5 Å². The molecule has 142 valence electrons. The van der Waals surface area contributed by atoms with Crippen LogP contribution >= 0.6 is 0 Å². The van der Waals surface area contributed by atoms with Crippen molar-refractivity contribution in [2.45, 2.75) is 25.9 Å². The molecule has 0 radical (unpaired) electrons. The van der Waals surface area contributed by atoms with Crippen molar-refractivity contribution in [3.05, 3.63) is 65.5 Å². The number of anilines is 1. The minimum absolute atomic E-state index is 0.0217. The Labute approximate surface area is 158 Å². The van der Waals surface area contributed by atoms with E-state index in [1.54, 1.807) is 41.3 Å². The summed E-state index contributed by atoms with van der Waals surface area (Å²) in [6, 6.07) is 13.1. The summed E-state index contributed by atoms with van der Waals surface area (Å²) in [6.07, 6.45) is 0.713. The van der Waals surface area contributed by atoms with Crippen molar-refractivity contribution in [1.82, 2.24) is 4.90 Å². The lowest BCUT2D eigenvalue weighted by molar-refractivity contribution is -0.116. The lowest BCUT2D eigenvalue weighted by Crippen LogP contribution is -2.44. The zero-order chi connectivity index (χ0) is 19.2. The highest BCUT2D eigenvalue weighted by molar-refractivity contribution is 5.97. The maximum absolute atomic E-state index is 13.2. The second kappa shape index (κ2) is 8.77. The number of nitrogens with zero attached hydrogens (tertiary/aromatic N) is 1. The van der Waals surface area contributed by atoms with Crippen LogP contribution in [0.15, 0.2) is 48.5 Å². The number of morpholine rings is 1. The van der Waals surface area contributed by atoms with E-state index in [1.807, 2.05) is 6.92 Å². The molecule has 2 aromatic rings. The minimum atomic E-state index is -0.309. The summed E-state index contributed by atoms with van der Waals surface area (Å²) in [5.41, 5.74) is 1.88. The molecule has 3 rings (SSSR count). The third kappa shape index (κ3) is 5.37. The van der Waals surface area contributed by atoms with E-state index in [2.05, 4.69) is 5.32 Å². The van der Waals surface area contributed by atoms with Gasteiger partial charge in [0.2, 0.25) is 5.91 Å². The number of halogens is 1. The summed E-state index contributed by atoms with van der Waals surface area (Å²) in [7, 11) is 0. The Hall–Kier alpha value is -2.73. The molecule has 1 aliphatic heterocycles.